The SMILES string of the molecule is CC(CCN)CNC(=O)C(C)S(C)(=O)=O. The third-order valence-corrected chi connectivity index (χ3v) is 3.79. The highest BCUT2D eigenvalue weighted by Gasteiger charge is 2.23. The molecule has 90 valence electrons. The minimum atomic E-state index is -3.30. The van der Waals surface area contributed by atoms with Crippen LogP contribution in [0.1, 0.15) is 20.3 Å². The highest BCUT2D eigenvalue weighted by Crippen LogP contribution is 2.00. The Morgan fingerprint density at radius 2 is 1.93 bits per heavy atom. The lowest BCUT2D eigenvalue weighted by Gasteiger charge is -2.14. The number of sulfone groups is 1. The first-order valence-electron chi connectivity index (χ1n) is 4.95. The van der Waals surface area contributed by atoms with Crippen molar-refractivity contribution in [3.8, 4) is 0 Å². The summed E-state index contributed by atoms with van der Waals surface area (Å²) in [6.45, 7) is 4.38. The number of carbonyl (C=O) groups is 1. The van der Waals surface area contributed by atoms with Gasteiger partial charge in [0.25, 0.3) is 0 Å². The summed E-state index contributed by atoms with van der Waals surface area (Å²) in [4.78, 5) is 11.4. The van der Waals surface area contributed by atoms with Crippen molar-refractivity contribution in [2.75, 3.05) is 19.3 Å². The van der Waals surface area contributed by atoms with Crippen LogP contribution in [-0.2, 0) is 14.6 Å². The van der Waals surface area contributed by atoms with Crippen LogP contribution in [0, 0.1) is 5.92 Å². The zero-order valence-electron chi connectivity index (χ0n) is 9.49. The van der Waals surface area contributed by atoms with E-state index in [1.54, 1.807) is 0 Å². The number of carbonyl (C=O) groups excluding carboxylic acids is 1. The summed E-state index contributed by atoms with van der Waals surface area (Å²) in [5.41, 5.74) is 5.36. The topological polar surface area (TPSA) is 89.3 Å². The molecule has 1 amide bonds. The number of hydrogen-bond acceptors (Lipinski definition) is 4. The van der Waals surface area contributed by atoms with E-state index in [1.165, 1.54) is 6.92 Å². The van der Waals surface area contributed by atoms with E-state index in [4.69, 9.17) is 5.73 Å². The average molecular weight is 236 g/mol. The van der Waals surface area contributed by atoms with Gasteiger partial charge in [-0.2, -0.15) is 0 Å². The van der Waals surface area contributed by atoms with Crippen LogP contribution in [0.25, 0.3) is 0 Å². The van der Waals surface area contributed by atoms with E-state index >= 15 is 0 Å². The lowest BCUT2D eigenvalue weighted by Crippen LogP contribution is -2.39. The maximum absolute atomic E-state index is 11.4. The Labute approximate surface area is 91.3 Å². The highest BCUT2D eigenvalue weighted by molar-refractivity contribution is 7.92. The standard InChI is InChI=1S/C9H20N2O3S/c1-7(4-5-10)6-11-9(12)8(2)15(3,13)14/h7-8H,4-6,10H2,1-3H3,(H,11,12). The van der Waals surface area contributed by atoms with E-state index in [-0.39, 0.29) is 5.92 Å². The third kappa shape index (κ3) is 5.74. The number of nitrogens with two attached hydrogens (primary N) is 1. The smallest absolute Gasteiger partial charge is 0.238 e. The molecule has 0 aromatic heterocycles. The lowest BCUT2D eigenvalue weighted by molar-refractivity contribution is -0.120. The second kappa shape index (κ2) is 6.07. The molecular formula is C9H20N2O3S. The Balaban J connectivity index is 4.05. The first-order chi connectivity index (χ1) is 6.79. The summed E-state index contributed by atoms with van der Waals surface area (Å²) < 4.78 is 22.1. The molecule has 5 nitrogen and oxygen atoms in total. The van der Waals surface area contributed by atoms with E-state index in [1.807, 2.05) is 6.92 Å². The van der Waals surface area contributed by atoms with Crippen molar-refractivity contribution in [1.82, 2.24) is 5.32 Å². The number of amides is 1. The van der Waals surface area contributed by atoms with Crippen LogP contribution in [0.2, 0.25) is 0 Å². The molecule has 2 unspecified atom stereocenters. The van der Waals surface area contributed by atoms with E-state index in [0.717, 1.165) is 12.7 Å². The molecular weight excluding hydrogens is 216 g/mol. The van der Waals surface area contributed by atoms with Crippen molar-refractivity contribution in [2.24, 2.45) is 11.7 Å². The number of hydrogen-bond donors (Lipinski definition) is 2. The van der Waals surface area contributed by atoms with Crippen LogP contribution in [-0.4, -0.2) is 38.9 Å². The molecule has 0 radical (unpaired) electrons. The second-order valence-corrected chi connectivity index (χ2v) is 6.27. The molecule has 3 N–H and O–H groups in total. The Bertz CT molecular complexity index is 300. The Hall–Kier alpha value is -0.620. The molecule has 0 spiro atoms. The van der Waals surface area contributed by atoms with Crippen LogP contribution < -0.4 is 11.1 Å². The predicted molar refractivity (Wildman–Crippen MR) is 60.2 cm³/mol. The number of nitrogens with one attached hydrogen (secondary N) is 1. The highest BCUT2D eigenvalue weighted by atomic mass is 32.2. The molecule has 15 heavy (non-hydrogen) atoms. The van der Waals surface area contributed by atoms with Crippen LogP contribution in [0.4, 0.5) is 0 Å². The number of rotatable bonds is 6. The molecule has 0 aromatic rings. The molecule has 0 aliphatic carbocycles. The quantitative estimate of drug-likeness (QED) is 0.652. The predicted octanol–water partition coefficient (Wildman–Crippen LogP) is -0.479. The van der Waals surface area contributed by atoms with Gasteiger partial charge in [-0.25, -0.2) is 8.42 Å². The second-order valence-electron chi connectivity index (χ2n) is 3.90. The van der Waals surface area contributed by atoms with Gasteiger partial charge >= 0.3 is 0 Å². The zero-order valence-corrected chi connectivity index (χ0v) is 10.3. The van der Waals surface area contributed by atoms with Crippen molar-refractivity contribution in [2.45, 2.75) is 25.5 Å². The fraction of sp³-hybridized carbons (Fsp3) is 0.889. The fourth-order valence-corrected chi connectivity index (χ4v) is 1.47. The van der Waals surface area contributed by atoms with Crippen molar-refractivity contribution in [3.05, 3.63) is 0 Å². The molecule has 0 saturated heterocycles. The van der Waals surface area contributed by atoms with Gasteiger partial charge in [-0.15, -0.1) is 0 Å². The van der Waals surface area contributed by atoms with Gasteiger partial charge in [0.2, 0.25) is 5.91 Å². The Morgan fingerprint density at radius 3 is 2.33 bits per heavy atom. The summed E-state index contributed by atoms with van der Waals surface area (Å²) in [7, 11) is -3.30. The Morgan fingerprint density at radius 1 is 1.40 bits per heavy atom. The van der Waals surface area contributed by atoms with Crippen LogP contribution in [0.5, 0.6) is 0 Å². The maximum atomic E-state index is 11.4. The van der Waals surface area contributed by atoms with Crippen molar-refractivity contribution in [3.63, 3.8) is 0 Å². The third-order valence-electron chi connectivity index (χ3n) is 2.30. The molecule has 0 aromatic carbocycles. The summed E-state index contributed by atoms with van der Waals surface area (Å²) in [6, 6.07) is 0. The first kappa shape index (κ1) is 14.4. The minimum Gasteiger partial charge on any atom is -0.355 e. The summed E-state index contributed by atoms with van der Waals surface area (Å²) in [5.74, 6) is -0.174. The largest absolute Gasteiger partial charge is 0.355 e. The van der Waals surface area contributed by atoms with E-state index in [9.17, 15) is 13.2 Å². The average Bonchev–Trinajstić information content (AvgIpc) is 2.12. The van der Waals surface area contributed by atoms with Crippen LogP contribution in [0.3, 0.4) is 0 Å². The molecule has 0 heterocycles. The zero-order chi connectivity index (χ0) is 12.1. The van der Waals surface area contributed by atoms with Crippen molar-refractivity contribution < 1.29 is 13.2 Å². The van der Waals surface area contributed by atoms with Gasteiger partial charge in [-0.1, -0.05) is 6.92 Å². The summed E-state index contributed by atoms with van der Waals surface area (Å²) in [6.07, 6.45) is 1.87. The van der Waals surface area contributed by atoms with E-state index in [0.29, 0.717) is 13.1 Å². The monoisotopic (exact) mass is 236 g/mol. The van der Waals surface area contributed by atoms with Crippen LogP contribution in [0.15, 0.2) is 0 Å². The van der Waals surface area contributed by atoms with Gasteiger partial charge in [0.1, 0.15) is 5.25 Å². The lowest BCUT2D eigenvalue weighted by atomic mass is 10.1. The van der Waals surface area contributed by atoms with E-state index < -0.39 is 21.0 Å². The molecule has 2 atom stereocenters. The van der Waals surface area contributed by atoms with Gasteiger partial charge in [-0.3, -0.25) is 4.79 Å². The first-order valence-corrected chi connectivity index (χ1v) is 6.91. The minimum absolute atomic E-state index is 0.269. The molecule has 0 fully saturated rings. The van der Waals surface area contributed by atoms with Gasteiger partial charge in [0, 0.05) is 12.8 Å². The molecule has 0 aliphatic heterocycles. The van der Waals surface area contributed by atoms with Crippen molar-refractivity contribution >= 4 is 15.7 Å². The Kier molecular flexibility index (Phi) is 5.82. The molecule has 0 rings (SSSR count). The molecule has 0 saturated carbocycles. The van der Waals surface area contributed by atoms with Gasteiger partial charge in [0.15, 0.2) is 9.84 Å². The fourth-order valence-electron chi connectivity index (χ4n) is 1.000. The summed E-state index contributed by atoms with van der Waals surface area (Å²) in [5, 5.41) is 1.62. The maximum Gasteiger partial charge on any atom is 0.238 e. The van der Waals surface area contributed by atoms with Gasteiger partial charge < -0.3 is 11.1 Å². The summed E-state index contributed by atoms with van der Waals surface area (Å²) >= 11 is 0. The van der Waals surface area contributed by atoms with Crippen LogP contribution >= 0.6 is 0 Å². The molecule has 0 bridgehead atoms. The van der Waals surface area contributed by atoms with Gasteiger partial charge in [0.05, 0.1) is 0 Å². The van der Waals surface area contributed by atoms with Gasteiger partial charge in [-0.05, 0) is 25.8 Å². The molecule has 0 aliphatic rings. The van der Waals surface area contributed by atoms with Crippen molar-refractivity contribution in [1.29, 1.82) is 0 Å². The normalized spacial score (nSPS) is 15.7. The van der Waals surface area contributed by atoms with E-state index in [2.05, 4.69) is 5.32 Å². The molecule has 6 heteroatoms.